The Morgan fingerprint density at radius 1 is 1.15 bits per heavy atom. The highest BCUT2D eigenvalue weighted by molar-refractivity contribution is 6.52. The summed E-state index contributed by atoms with van der Waals surface area (Å²) in [5.41, 5.74) is 1.88. The molecule has 2 aromatic carbocycles. The van der Waals surface area contributed by atoms with E-state index in [1.54, 1.807) is 67.8 Å². The summed E-state index contributed by atoms with van der Waals surface area (Å²) in [6, 6.07) is 12.3. The van der Waals surface area contributed by atoms with Gasteiger partial charge in [-0.05, 0) is 67.4 Å². The molecule has 4 rings (SSSR count). The molecule has 33 heavy (non-hydrogen) atoms. The molecule has 8 heteroatoms. The van der Waals surface area contributed by atoms with Gasteiger partial charge in [-0.15, -0.1) is 0 Å². The largest absolute Gasteiger partial charge is 0.507 e. The highest BCUT2D eigenvalue weighted by Crippen LogP contribution is 2.44. The SMILES string of the molecule is CCOc1ccc(Cl)c(/C(O)=C2\C(=O)C(=O)N(c3ccc(Cl)cc3C)C2c2cccnc2)c1. The number of hydrogen-bond acceptors (Lipinski definition) is 5. The molecule has 6 nitrogen and oxygen atoms in total. The highest BCUT2D eigenvalue weighted by Gasteiger charge is 2.47. The van der Waals surface area contributed by atoms with Crippen LogP contribution in [0.25, 0.3) is 5.76 Å². The molecule has 0 bridgehead atoms. The molecule has 0 radical (unpaired) electrons. The zero-order valence-electron chi connectivity index (χ0n) is 17.9. The first kappa shape index (κ1) is 22.8. The smallest absolute Gasteiger partial charge is 0.300 e. The van der Waals surface area contributed by atoms with E-state index in [9.17, 15) is 14.7 Å². The summed E-state index contributed by atoms with van der Waals surface area (Å²) in [7, 11) is 0. The second kappa shape index (κ2) is 9.25. The molecule has 1 saturated heterocycles. The summed E-state index contributed by atoms with van der Waals surface area (Å²) in [6.07, 6.45) is 3.14. The van der Waals surface area contributed by atoms with Crippen molar-refractivity contribution >= 4 is 46.3 Å². The predicted octanol–water partition coefficient (Wildman–Crippen LogP) is 5.72. The van der Waals surface area contributed by atoms with Crippen molar-refractivity contribution in [1.82, 2.24) is 4.98 Å². The molecule has 1 amide bonds. The summed E-state index contributed by atoms with van der Waals surface area (Å²) >= 11 is 12.5. The molecule has 1 aromatic heterocycles. The van der Waals surface area contributed by atoms with Crippen LogP contribution in [0.2, 0.25) is 10.0 Å². The third-order valence-electron chi connectivity index (χ3n) is 5.37. The monoisotopic (exact) mass is 482 g/mol. The van der Waals surface area contributed by atoms with Crippen LogP contribution in [0.4, 0.5) is 5.69 Å². The molecule has 1 fully saturated rings. The van der Waals surface area contributed by atoms with Crippen LogP contribution in [0.3, 0.4) is 0 Å². The van der Waals surface area contributed by atoms with Crippen LogP contribution in [0, 0.1) is 6.92 Å². The average molecular weight is 483 g/mol. The first-order valence-corrected chi connectivity index (χ1v) is 11.0. The molecule has 1 atom stereocenters. The number of anilines is 1. The van der Waals surface area contributed by atoms with Gasteiger partial charge in [-0.2, -0.15) is 0 Å². The van der Waals surface area contributed by atoms with Gasteiger partial charge in [0.1, 0.15) is 11.5 Å². The van der Waals surface area contributed by atoms with Crippen molar-refractivity contribution in [2.45, 2.75) is 19.9 Å². The van der Waals surface area contributed by atoms with Gasteiger partial charge in [-0.3, -0.25) is 19.5 Å². The lowest BCUT2D eigenvalue weighted by atomic mass is 9.96. The maximum absolute atomic E-state index is 13.3. The van der Waals surface area contributed by atoms with Crippen molar-refractivity contribution in [2.75, 3.05) is 11.5 Å². The van der Waals surface area contributed by atoms with E-state index in [0.717, 1.165) is 0 Å². The fraction of sp³-hybridized carbons (Fsp3) is 0.160. The molecule has 1 unspecified atom stereocenters. The van der Waals surface area contributed by atoms with Gasteiger partial charge in [0, 0.05) is 28.7 Å². The summed E-state index contributed by atoms with van der Waals surface area (Å²) < 4.78 is 5.51. The number of Topliss-reactive ketones (excluding diaryl/α,β-unsaturated/α-hetero) is 1. The minimum absolute atomic E-state index is 0.0853. The van der Waals surface area contributed by atoms with Gasteiger partial charge in [-0.25, -0.2) is 0 Å². The molecule has 1 aliphatic rings. The number of aliphatic hydroxyl groups excluding tert-OH is 1. The number of aliphatic hydroxyl groups is 1. The van der Waals surface area contributed by atoms with Crippen LogP contribution >= 0.6 is 23.2 Å². The van der Waals surface area contributed by atoms with Crippen molar-refractivity contribution in [3.63, 3.8) is 0 Å². The second-order valence-electron chi connectivity index (χ2n) is 7.46. The van der Waals surface area contributed by atoms with Crippen LogP contribution < -0.4 is 9.64 Å². The minimum Gasteiger partial charge on any atom is -0.507 e. The van der Waals surface area contributed by atoms with Gasteiger partial charge in [0.15, 0.2) is 0 Å². The maximum Gasteiger partial charge on any atom is 0.300 e. The van der Waals surface area contributed by atoms with Crippen molar-refractivity contribution in [1.29, 1.82) is 0 Å². The Bertz CT molecular complexity index is 1270. The number of amides is 1. The van der Waals surface area contributed by atoms with Gasteiger partial charge in [0.2, 0.25) is 0 Å². The average Bonchev–Trinajstić information content (AvgIpc) is 3.06. The normalized spacial score (nSPS) is 17.5. The van der Waals surface area contributed by atoms with E-state index in [-0.39, 0.29) is 21.9 Å². The lowest BCUT2D eigenvalue weighted by molar-refractivity contribution is -0.132. The van der Waals surface area contributed by atoms with E-state index in [1.165, 1.54) is 4.90 Å². The van der Waals surface area contributed by atoms with Gasteiger partial charge in [-0.1, -0.05) is 29.3 Å². The lowest BCUT2D eigenvalue weighted by Crippen LogP contribution is -2.30. The summed E-state index contributed by atoms with van der Waals surface area (Å²) in [5.74, 6) is -1.51. The number of aromatic nitrogens is 1. The van der Waals surface area contributed by atoms with Gasteiger partial charge >= 0.3 is 0 Å². The number of halogens is 2. The molecule has 1 N–H and O–H groups in total. The minimum atomic E-state index is -0.912. The molecule has 3 aromatic rings. The van der Waals surface area contributed by atoms with E-state index in [4.69, 9.17) is 27.9 Å². The van der Waals surface area contributed by atoms with Crippen LogP contribution in [-0.4, -0.2) is 28.4 Å². The van der Waals surface area contributed by atoms with Crippen LogP contribution in [-0.2, 0) is 9.59 Å². The first-order valence-electron chi connectivity index (χ1n) is 10.2. The first-order chi connectivity index (χ1) is 15.8. The number of carbonyl (C=O) groups excluding carboxylic acids is 2. The highest BCUT2D eigenvalue weighted by atomic mass is 35.5. The Morgan fingerprint density at radius 2 is 1.94 bits per heavy atom. The fourth-order valence-electron chi connectivity index (χ4n) is 3.91. The van der Waals surface area contributed by atoms with E-state index >= 15 is 0 Å². The van der Waals surface area contributed by atoms with Crippen molar-refractivity contribution < 1.29 is 19.4 Å². The van der Waals surface area contributed by atoms with Gasteiger partial charge in [0.05, 0.1) is 23.2 Å². The third kappa shape index (κ3) is 4.19. The standard InChI is InChI=1S/C25H20Cl2N2O4/c1-3-33-17-7-8-19(27)18(12-17)23(30)21-22(15-5-4-10-28-13-15)29(25(32)24(21)31)20-9-6-16(26)11-14(20)2/h4-13,22,30H,3H2,1-2H3/b23-21+. The maximum atomic E-state index is 13.3. The fourth-order valence-corrected chi connectivity index (χ4v) is 4.34. The van der Waals surface area contributed by atoms with Crippen LogP contribution in [0.1, 0.15) is 29.7 Å². The molecular weight excluding hydrogens is 463 g/mol. The number of hydrogen-bond donors (Lipinski definition) is 1. The Balaban J connectivity index is 1.96. The predicted molar refractivity (Wildman–Crippen MR) is 128 cm³/mol. The Hall–Kier alpha value is -3.35. The molecular formula is C25H20Cl2N2O4. The van der Waals surface area contributed by atoms with Crippen molar-refractivity contribution in [2.24, 2.45) is 0 Å². The van der Waals surface area contributed by atoms with E-state index in [1.807, 2.05) is 6.92 Å². The number of ketones is 1. The molecule has 168 valence electrons. The quantitative estimate of drug-likeness (QED) is 0.285. The number of carbonyl (C=O) groups is 2. The van der Waals surface area contributed by atoms with Gasteiger partial charge in [0.25, 0.3) is 11.7 Å². The Labute approximate surface area is 201 Å². The van der Waals surface area contributed by atoms with E-state index in [0.29, 0.717) is 34.2 Å². The molecule has 0 aliphatic carbocycles. The zero-order valence-corrected chi connectivity index (χ0v) is 19.4. The number of rotatable bonds is 5. The number of nitrogens with zero attached hydrogens (tertiary/aromatic N) is 2. The second-order valence-corrected chi connectivity index (χ2v) is 8.30. The van der Waals surface area contributed by atoms with E-state index < -0.39 is 17.7 Å². The van der Waals surface area contributed by atoms with Crippen molar-refractivity contribution in [3.8, 4) is 5.75 Å². The summed E-state index contributed by atoms with van der Waals surface area (Å²) in [4.78, 5) is 32.0. The summed E-state index contributed by atoms with van der Waals surface area (Å²) in [5, 5.41) is 12.0. The molecule has 0 spiro atoms. The number of aryl methyl sites for hydroxylation is 1. The third-order valence-corrected chi connectivity index (χ3v) is 5.93. The zero-order chi connectivity index (χ0) is 23.7. The number of pyridine rings is 1. The molecule has 1 aliphatic heterocycles. The van der Waals surface area contributed by atoms with E-state index in [2.05, 4.69) is 4.98 Å². The van der Waals surface area contributed by atoms with Crippen molar-refractivity contribution in [3.05, 3.63) is 93.2 Å². The van der Waals surface area contributed by atoms with Crippen LogP contribution in [0.5, 0.6) is 5.75 Å². The van der Waals surface area contributed by atoms with Gasteiger partial charge < -0.3 is 9.84 Å². The topological polar surface area (TPSA) is 79.7 Å². The Morgan fingerprint density at radius 3 is 2.61 bits per heavy atom. The molecule has 0 saturated carbocycles. The lowest BCUT2D eigenvalue weighted by Gasteiger charge is -2.26. The number of ether oxygens (including phenoxy) is 1. The molecule has 2 heterocycles. The Kier molecular flexibility index (Phi) is 6.40. The number of benzene rings is 2. The van der Waals surface area contributed by atoms with Crippen LogP contribution in [0.15, 0.2) is 66.5 Å². The summed E-state index contributed by atoms with van der Waals surface area (Å²) in [6.45, 7) is 4.04.